The summed E-state index contributed by atoms with van der Waals surface area (Å²) in [5.74, 6) is -1.11. The lowest BCUT2D eigenvalue weighted by molar-refractivity contribution is -0.137. The molecule has 6 nitrogen and oxygen atoms in total. The third-order valence-corrected chi connectivity index (χ3v) is 5.43. The van der Waals surface area contributed by atoms with Gasteiger partial charge in [-0.25, -0.2) is 14.4 Å². The van der Waals surface area contributed by atoms with E-state index in [1.807, 2.05) is 0 Å². The van der Waals surface area contributed by atoms with Crippen molar-refractivity contribution < 1.29 is 26.9 Å². The normalized spacial score (nSPS) is 11.4. The highest BCUT2D eigenvalue weighted by Gasteiger charge is 2.30. The lowest BCUT2D eigenvalue weighted by atomic mass is 10.0. The first kappa shape index (κ1) is 22.5. The smallest absolute Gasteiger partial charge is 0.337 e. The van der Waals surface area contributed by atoms with Gasteiger partial charge in [-0.05, 0) is 48.5 Å². The molecule has 0 saturated heterocycles. The van der Waals surface area contributed by atoms with Crippen molar-refractivity contribution in [2.24, 2.45) is 0 Å². The fourth-order valence-corrected chi connectivity index (χ4v) is 3.69. The van der Waals surface area contributed by atoms with Crippen molar-refractivity contribution in [3.63, 3.8) is 0 Å². The minimum Gasteiger partial charge on any atom is -0.337 e. The molecule has 11 heteroatoms. The highest BCUT2D eigenvalue weighted by molar-refractivity contribution is 8.00. The van der Waals surface area contributed by atoms with Gasteiger partial charge in [0.05, 0.1) is 22.6 Å². The molecule has 0 aliphatic carbocycles. The Morgan fingerprint density at radius 2 is 1.88 bits per heavy atom. The number of nitrogens with zero attached hydrogens (tertiary/aromatic N) is 3. The summed E-state index contributed by atoms with van der Waals surface area (Å²) in [4.78, 5) is 20.8. The SMILES string of the molecule is O=C(CSc1cccc(C(F)(F)F)c1)Nc1onc(-c2ccc(F)cc2)c1-c1ccncn1. The molecule has 0 spiro atoms. The third-order valence-electron chi connectivity index (χ3n) is 4.43. The Bertz CT molecular complexity index is 1260. The number of alkyl halides is 3. The quantitative estimate of drug-likeness (QED) is 0.286. The lowest BCUT2D eigenvalue weighted by Gasteiger charge is -2.08. The van der Waals surface area contributed by atoms with E-state index in [2.05, 4.69) is 20.4 Å². The number of rotatable bonds is 6. The molecule has 0 aliphatic rings. The molecular weight excluding hydrogens is 460 g/mol. The zero-order valence-electron chi connectivity index (χ0n) is 16.6. The Labute approximate surface area is 189 Å². The first-order chi connectivity index (χ1) is 15.8. The van der Waals surface area contributed by atoms with Crippen molar-refractivity contribution >= 4 is 23.6 Å². The molecule has 0 atom stereocenters. The highest BCUT2D eigenvalue weighted by Crippen LogP contribution is 2.37. The van der Waals surface area contributed by atoms with E-state index < -0.39 is 23.5 Å². The molecule has 1 N–H and O–H groups in total. The number of benzene rings is 2. The molecule has 0 saturated carbocycles. The van der Waals surface area contributed by atoms with Crippen LogP contribution in [0.15, 0.2) is 76.5 Å². The Kier molecular flexibility index (Phi) is 6.40. The standard InChI is InChI=1S/C22H14F4N4O2S/c23-15-6-4-13(5-7-15)20-19(17-8-9-27-12-28-17)21(32-30-20)29-18(31)11-33-16-3-1-2-14(10-16)22(24,25)26/h1-10,12H,11H2,(H,29,31). The topological polar surface area (TPSA) is 80.9 Å². The molecule has 1 amide bonds. The van der Waals surface area contributed by atoms with Crippen LogP contribution in [-0.2, 0) is 11.0 Å². The van der Waals surface area contributed by atoms with Gasteiger partial charge in [-0.3, -0.25) is 10.1 Å². The van der Waals surface area contributed by atoms with Crippen molar-refractivity contribution in [3.8, 4) is 22.5 Å². The van der Waals surface area contributed by atoms with E-state index >= 15 is 0 Å². The van der Waals surface area contributed by atoms with Gasteiger partial charge < -0.3 is 4.52 Å². The maximum Gasteiger partial charge on any atom is 0.416 e. The first-order valence-corrected chi connectivity index (χ1v) is 10.4. The molecule has 0 radical (unpaired) electrons. The summed E-state index contributed by atoms with van der Waals surface area (Å²) in [6, 6.07) is 11.8. The van der Waals surface area contributed by atoms with Crippen molar-refractivity contribution in [3.05, 3.63) is 78.5 Å². The van der Waals surface area contributed by atoms with Gasteiger partial charge in [0.25, 0.3) is 0 Å². The number of hydrogen-bond donors (Lipinski definition) is 1. The zero-order chi connectivity index (χ0) is 23.4. The maximum atomic E-state index is 13.3. The Balaban J connectivity index is 1.55. The molecule has 0 fully saturated rings. The number of nitrogens with one attached hydrogen (secondary N) is 1. The van der Waals surface area contributed by atoms with E-state index in [9.17, 15) is 22.4 Å². The lowest BCUT2D eigenvalue weighted by Crippen LogP contribution is -2.14. The second-order valence-electron chi connectivity index (χ2n) is 6.70. The first-order valence-electron chi connectivity index (χ1n) is 9.43. The van der Waals surface area contributed by atoms with Crippen LogP contribution >= 0.6 is 11.8 Å². The summed E-state index contributed by atoms with van der Waals surface area (Å²) in [6.45, 7) is 0. The van der Waals surface area contributed by atoms with Gasteiger partial charge in [-0.1, -0.05) is 11.2 Å². The summed E-state index contributed by atoms with van der Waals surface area (Å²) in [5, 5.41) is 6.58. The predicted octanol–water partition coefficient (Wildman–Crippen LogP) is 5.69. The number of hydrogen-bond acceptors (Lipinski definition) is 6. The number of anilines is 1. The largest absolute Gasteiger partial charge is 0.416 e. The van der Waals surface area contributed by atoms with Gasteiger partial charge in [-0.15, -0.1) is 11.8 Å². The monoisotopic (exact) mass is 474 g/mol. The fourth-order valence-electron chi connectivity index (χ4n) is 2.93. The molecule has 0 aliphatic heterocycles. The second-order valence-corrected chi connectivity index (χ2v) is 7.75. The van der Waals surface area contributed by atoms with Crippen LogP contribution in [0.5, 0.6) is 0 Å². The van der Waals surface area contributed by atoms with E-state index in [1.165, 1.54) is 48.9 Å². The predicted molar refractivity (Wildman–Crippen MR) is 114 cm³/mol. The summed E-state index contributed by atoms with van der Waals surface area (Å²) in [6.07, 6.45) is -1.66. The third kappa shape index (κ3) is 5.37. The molecule has 0 bridgehead atoms. The Morgan fingerprint density at radius 1 is 1.09 bits per heavy atom. The number of carbonyl (C=O) groups is 1. The van der Waals surface area contributed by atoms with E-state index in [0.29, 0.717) is 27.4 Å². The van der Waals surface area contributed by atoms with Crippen molar-refractivity contribution in [2.75, 3.05) is 11.1 Å². The maximum absolute atomic E-state index is 13.3. The number of halogens is 4. The van der Waals surface area contributed by atoms with Crippen LogP contribution in [0.3, 0.4) is 0 Å². The zero-order valence-corrected chi connectivity index (χ0v) is 17.5. The number of aromatic nitrogens is 3. The van der Waals surface area contributed by atoms with Crippen LogP contribution in [0.25, 0.3) is 22.5 Å². The molecule has 33 heavy (non-hydrogen) atoms. The summed E-state index contributed by atoms with van der Waals surface area (Å²) in [7, 11) is 0. The summed E-state index contributed by atoms with van der Waals surface area (Å²) in [5.41, 5.74) is 0.841. The molecule has 168 valence electrons. The number of thioether (sulfide) groups is 1. The van der Waals surface area contributed by atoms with Crippen molar-refractivity contribution in [2.45, 2.75) is 11.1 Å². The number of amides is 1. The van der Waals surface area contributed by atoms with E-state index in [1.54, 1.807) is 6.07 Å². The van der Waals surface area contributed by atoms with Crippen LogP contribution < -0.4 is 5.32 Å². The Hall–Kier alpha value is -3.73. The van der Waals surface area contributed by atoms with Gasteiger partial charge >= 0.3 is 6.18 Å². The molecule has 2 aromatic carbocycles. The molecule has 0 unspecified atom stereocenters. The van der Waals surface area contributed by atoms with E-state index in [0.717, 1.165) is 23.9 Å². The van der Waals surface area contributed by atoms with Gasteiger partial charge in [0.1, 0.15) is 17.8 Å². The highest BCUT2D eigenvalue weighted by atomic mass is 32.2. The van der Waals surface area contributed by atoms with E-state index in [-0.39, 0.29) is 11.6 Å². The van der Waals surface area contributed by atoms with E-state index in [4.69, 9.17) is 4.52 Å². The van der Waals surface area contributed by atoms with Crippen LogP contribution in [0.4, 0.5) is 23.4 Å². The van der Waals surface area contributed by atoms with Gasteiger partial charge in [0.2, 0.25) is 11.8 Å². The summed E-state index contributed by atoms with van der Waals surface area (Å²) >= 11 is 0.943. The van der Waals surface area contributed by atoms with Gasteiger partial charge in [0, 0.05) is 16.7 Å². The van der Waals surface area contributed by atoms with Gasteiger partial charge in [0.15, 0.2) is 0 Å². The van der Waals surface area contributed by atoms with Crippen LogP contribution in [0, 0.1) is 5.82 Å². The average molecular weight is 474 g/mol. The second kappa shape index (κ2) is 9.41. The summed E-state index contributed by atoms with van der Waals surface area (Å²) < 4.78 is 57.3. The minimum absolute atomic E-state index is 0.00247. The molecule has 4 aromatic rings. The number of carbonyl (C=O) groups excluding carboxylic acids is 1. The fraction of sp³-hybridized carbons (Fsp3) is 0.0909. The minimum atomic E-state index is -4.47. The molecule has 2 aromatic heterocycles. The average Bonchev–Trinajstić information content (AvgIpc) is 3.22. The van der Waals surface area contributed by atoms with Crippen molar-refractivity contribution in [1.82, 2.24) is 15.1 Å². The van der Waals surface area contributed by atoms with Crippen LogP contribution in [0.1, 0.15) is 5.56 Å². The molecule has 2 heterocycles. The van der Waals surface area contributed by atoms with Crippen LogP contribution in [0.2, 0.25) is 0 Å². The molecule has 4 rings (SSSR count). The van der Waals surface area contributed by atoms with Crippen LogP contribution in [-0.4, -0.2) is 26.8 Å². The molecular formula is C22H14F4N4O2S. The Morgan fingerprint density at radius 3 is 2.58 bits per heavy atom. The van der Waals surface area contributed by atoms with Crippen molar-refractivity contribution in [1.29, 1.82) is 0 Å². The van der Waals surface area contributed by atoms with Gasteiger partial charge in [-0.2, -0.15) is 13.2 Å².